The van der Waals surface area contributed by atoms with E-state index in [4.69, 9.17) is 10.2 Å². The molecule has 31 heavy (non-hydrogen) atoms. The van der Waals surface area contributed by atoms with Crippen LogP contribution >= 0.6 is 0 Å². The van der Waals surface area contributed by atoms with Crippen LogP contribution in [0.4, 0.5) is 0 Å². The van der Waals surface area contributed by atoms with Gasteiger partial charge in [0.05, 0.1) is 11.3 Å². The zero-order valence-electron chi connectivity index (χ0n) is 18.4. The molecule has 1 saturated heterocycles. The number of piperidine rings is 1. The zero-order valence-corrected chi connectivity index (χ0v) is 18.4. The fraction of sp³-hybridized carbons (Fsp3) is 0.400. The molecule has 0 bridgehead atoms. The molecule has 0 amide bonds. The van der Waals surface area contributed by atoms with E-state index in [1.54, 1.807) is 0 Å². The lowest BCUT2D eigenvalue weighted by atomic mass is 9.92. The number of likely N-dealkylation sites (tertiary alicyclic amines) is 1. The Morgan fingerprint density at radius 2 is 1.84 bits per heavy atom. The SMILES string of the molecule is C=C(NO)c1ccc(Cn2ccc3ccc(C4CCN(CC(C)(C)O)CC4)nc32)cc1. The van der Waals surface area contributed by atoms with E-state index in [0.717, 1.165) is 61.3 Å². The fourth-order valence-corrected chi connectivity index (χ4v) is 4.44. The molecule has 1 aliphatic heterocycles. The van der Waals surface area contributed by atoms with Crippen molar-refractivity contribution in [3.8, 4) is 0 Å². The van der Waals surface area contributed by atoms with Crippen LogP contribution in [0.25, 0.3) is 16.7 Å². The summed E-state index contributed by atoms with van der Waals surface area (Å²) in [6.07, 6.45) is 4.23. The van der Waals surface area contributed by atoms with Crippen molar-refractivity contribution in [3.05, 3.63) is 72.1 Å². The average Bonchev–Trinajstić information content (AvgIpc) is 3.15. The van der Waals surface area contributed by atoms with Crippen molar-refractivity contribution < 1.29 is 10.3 Å². The quantitative estimate of drug-likeness (QED) is 0.504. The molecule has 2 aromatic heterocycles. The molecule has 0 unspecified atom stereocenters. The van der Waals surface area contributed by atoms with Crippen molar-refractivity contribution in [1.82, 2.24) is 19.9 Å². The number of aliphatic hydroxyl groups is 1. The first-order valence-electron chi connectivity index (χ1n) is 10.9. The number of fused-ring (bicyclic) bond motifs is 1. The molecule has 164 valence electrons. The highest BCUT2D eigenvalue weighted by Crippen LogP contribution is 2.29. The summed E-state index contributed by atoms with van der Waals surface area (Å²) in [5.74, 6) is 0.460. The molecule has 0 radical (unpaired) electrons. The van der Waals surface area contributed by atoms with Crippen molar-refractivity contribution in [2.24, 2.45) is 0 Å². The number of hydrogen-bond donors (Lipinski definition) is 3. The maximum atomic E-state index is 10.1. The van der Waals surface area contributed by atoms with E-state index in [0.29, 0.717) is 11.6 Å². The zero-order chi connectivity index (χ0) is 22.0. The smallest absolute Gasteiger partial charge is 0.140 e. The van der Waals surface area contributed by atoms with Crippen molar-refractivity contribution >= 4 is 16.7 Å². The lowest BCUT2D eigenvalue weighted by Gasteiger charge is -2.35. The number of nitrogens with one attached hydrogen (secondary N) is 1. The first kappa shape index (κ1) is 21.6. The highest BCUT2D eigenvalue weighted by molar-refractivity contribution is 5.76. The van der Waals surface area contributed by atoms with Gasteiger partial charge in [-0.2, -0.15) is 0 Å². The molecule has 6 heteroatoms. The number of β-amino-alcohol motifs (C(OH)–C–C–N with tert-alkyl or cyclic N) is 1. The first-order chi connectivity index (χ1) is 14.8. The van der Waals surface area contributed by atoms with E-state index in [2.05, 4.69) is 45.9 Å². The summed E-state index contributed by atoms with van der Waals surface area (Å²) < 4.78 is 2.19. The Bertz CT molecular complexity index is 1040. The molecule has 1 fully saturated rings. The normalized spacial score (nSPS) is 16.0. The van der Waals surface area contributed by atoms with Gasteiger partial charge in [0.2, 0.25) is 0 Å². The van der Waals surface area contributed by atoms with Gasteiger partial charge in [0.25, 0.3) is 0 Å². The van der Waals surface area contributed by atoms with Crippen LogP contribution in [0.15, 0.2) is 55.2 Å². The number of rotatable bonds is 7. The summed E-state index contributed by atoms with van der Waals surface area (Å²) in [5.41, 5.74) is 6.14. The van der Waals surface area contributed by atoms with Gasteiger partial charge in [-0.3, -0.25) is 10.7 Å². The minimum Gasteiger partial charge on any atom is -0.389 e. The Kier molecular flexibility index (Phi) is 6.14. The molecule has 0 saturated carbocycles. The van der Waals surface area contributed by atoms with Gasteiger partial charge in [0, 0.05) is 36.3 Å². The number of benzene rings is 1. The predicted molar refractivity (Wildman–Crippen MR) is 124 cm³/mol. The summed E-state index contributed by atoms with van der Waals surface area (Å²) in [7, 11) is 0. The van der Waals surface area contributed by atoms with Crippen molar-refractivity contribution in [3.63, 3.8) is 0 Å². The van der Waals surface area contributed by atoms with Crippen LogP contribution in [0.1, 0.15) is 49.4 Å². The largest absolute Gasteiger partial charge is 0.389 e. The molecular formula is C25H32N4O2. The maximum Gasteiger partial charge on any atom is 0.140 e. The van der Waals surface area contributed by atoms with Crippen molar-refractivity contribution in [1.29, 1.82) is 0 Å². The van der Waals surface area contributed by atoms with Crippen LogP contribution in [0, 0.1) is 0 Å². The van der Waals surface area contributed by atoms with Crippen molar-refractivity contribution in [2.45, 2.75) is 44.8 Å². The minimum atomic E-state index is -0.648. The Morgan fingerprint density at radius 3 is 2.48 bits per heavy atom. The lowest BCUT2D eigenvalue weighted by Crippen LogP contribution is -2.42. The molecule has 3 heterocycles. The summed E-state index contributed by atoms with van der Waals surface area (Å²) in [4.78, 5) is 7.40. The molecule has 0 aliphatic carbocycles. The molecule has 0 atom stereocenters. The topological polar surface area (TPSA) is 73.5 Å². The summed E-state index contributed by atoms with van der Waals surface area (Å²) in [6, 6.07) is 14.5. The maximum absolute atomic E-state index is 10.1. The fourth-order valence-electron chi connectivity index (χ4n) is 4.44. The van der Waals surface area contributed by atoms with Crippen LogP contribution in [0.3, 0.4) is 0 Å². The van der Waals surface area contributed by atoms with E-state index in [1.807, 2.05) is 38.1 Å². The summed E-state index contributed by atoms with van der Waals surface area (Å²) in [5, 5.41) is 20.2. The predicted octanol–water partition coefficient (Wildman–Crippen LogP) is 3.98. The van der Waals surface area contributed by atoms with Crippen LogP contribution in [-0.2, 0) is 6.54 Å². The van der Waals surface area contributed by atoms with Crippen LogP contribution < -0.4 is 5.48 Å². The molecule has 3 N–H and O–H groups in total. The highest BCUT2D eigenvalue weighted by atomic mass is 16.5. The Labute approximate surface area is 183 Å². The van der Waals surface area contributed by atoms with E-state index < -0.39 is 5.60 Å². The average molecular weight is 421 g/mol. The Hall–Kier alpha value is -2.67. The second kappa shape index (κ2) is 8.83. The van der Waals surface area contributed by atoms with Gasteiger partial charge in [-0.25, -0.2) is 4.98 Å². The third kappa shape index (κ3) is 5.15. The van der Waals surface area contributed by atoms with Crippen LogP contribution in [0.2, 0.25) is 0 Å². The molecule has 3 aromatic rings. The van der Waals surface area contributed by atoms with E-state index >= 15 is 0 Å². The third-order valence-corrected chi connectivity index (χ3v) is 6.04. The highest BCUT2D eigenvalue weighted by Gasteiger charge is 2.25. The number of aromatic nitrogens is 2. The van der Waals surface area contributed by atoms with E-state index in [9.17, 15) is 5.11 Å². The lowest BCUT2D eigenvalue weighted by molar-refractivity contribution is 0.0280. The van der Waals surface area contributed by atoms with Crippen molar-refractivity contribution in [2.75, 3.05) is 19.6 Å². The van der Waals surface area contributed by atoms with Gasteiger partial charge in [0.1, 0.15) is 5.65 Å². The summed E-state index contributed by atoms with van der Waals surface area (Å²) >= 11 is 0. The molecular weight excluding hydrogens is 388 g/mol. The summed E-state index contributed by atoms with van der Waals surface area (Å²) in [6.45, 7) is 11.0. The van der Waals surface area contributed by atoms with Gasteiger partial charge in [-0.15, -0.1) is 0 Å². The van der Waals surface area contributed by atoms with Crippen LogP contribution in [-0.4, -0.2) is 50.0 Å². The van der Waals surface area contributed by atoms with E-state index in [-0.39, 0.29) is 0 Å². The van der Waals surface area contributed by atoms with Gasteiger partial charge >= 0.3 is 0 Å². The van der Waals surface area contributed by atoms with Gasteiger partial charge in [-0.05, 0) is 69.1 Å². The molecule has 4 rings (SSSR count). The van der Waals surface area contributed by atoms with Gasteiger partial charge < -0.3 is 14.6 Å². The standard InChI is InChI=1S/C25H32N4O2/c1-18(27-31)20-6-4-19(5-7-20)16-29-15-12-22-8-9-23(26-24(22)29)21-10-13-28(14-11-21)17-25(2,3)30/h4-9,12,15,21,27,30-31H,1,10-11,13-14,16-17H2,2-3H3. The molecule has 1 aliphatic rings. The molecule has 1 aromatic carbocycles. The molecule has 6 nitrogen and oxygen atoms in total. The number of pyridine rings is 1. The number of nitrogens with zero attached hydrogens (tertiary/aromatic N) is 3. The Balaban J connectivity index is 1.47. The second-order valence-corrected chi connectivity index (χ2v) is 9.24. The van der Waals surface area contributed by atoms with Gasteiger partial charge in [0.15, 0.2) is 0 Å². The van der Waals surface area contributed by atoms with Gasteiger partial charge in [-0.1, -0.05) is 30.8 Å². The minimum absolute atomic E-state index is 0.460. The number of hydrogen-bond acceptors (Lipinski definition) is 5. The first-order valence-corrected chi connectivity index (χ1v) is 10.9. The Morgan fingerprint density at radius 1 is 1.13 bits per heavy atom. The van der Waals surface area contributed by atoms with Crippen LogP contribution in [0.5, 0.6) is 0 Å². The second-order valence-electron chi connectivity index (χ2n) is 9.24. The number of hydroxylamine groups is 1. The molecule has 0 spiro atoms. The third-order valence-electron chi connectivity index (χ3n) is 6.04. The monoisotopic (exact) mass is 420 g/mol. The van der Waals surface area contributed by atoms with E-state index in [1.165, 1.54) is 5.56 Å².